The molecule has 1 aromatic rings. The number of hydrogen-bond acceptors (Lipinski definition) is 2. The van der Waals surface area contributed by atoms with Crippen LogP contribution in [0.3, 0.4) is 0 Å². The van der Waals surface area contributed by atoms with Crippen molar-refractivity contribution in [2.24, 2.45) is 0 Å². The molecule has 0 aromatic heterocycles. The summed E-state index contributed by atoms with van der Waals surface area (Å²) in [7, 11) is 0. The number of anilines is 1. The van der Waals surface area contributed by atoms with E-state index in [0.29, 0.717) is 23.8 Å². The van der Waals surface area contributed by atoms with Crippen molar-refractivity contribution in [1.82, 2.24) is 5.32 Å². The van der Waals surface area contributed by atoms with Crippen molar-refractivity contribution >= 4 is 29.1 Å². The minimum atomic E-state index is -0.116. The van der Waals surface area contributed by atoms with Crippen LogP contribution in [0.5, 0.6) is 0 Å². The monoisotopic (exact) mass is 324 g/mol. The molecule has 0 unspecified atom stereocenters. The van der Waals surface area contributed by atoms with Crippen LogP contribution in [0.4, 0.5) is 5.69 Å². The first-order valence-corrected chi connectivity index (χ1v) is 8.06. The molecule has 2 amide bonds. The fourth-order valence-corrected chi connectivity index (χ4v) is 2.81. The minimum absolute atomic E-state index is 0.0411. The smallest absolute Gasteiger partial charge is 0.223 e. The Balaban J connectivity index is 2.79. The third kappa shape index (κ3) is 5.34. The zero-order chi connectivity index (χ0) is 16.7. The lowest BCUT2D eigenvalue weighted by atomic mass is 10.1. The summed E-state index contributed by atoms with van der Waals surface area (Å²) in [6, 6.07) is 3.82. The van der Waals surface area contributed by atoms with Crippen LogP contribution >= 0.6 is 11.6 Å². The van der Waals surface area contributed by atoms with Gasteiger partial charge in [0.15, 0.2) is 0 Å². The van der Waals surface area contributed by atoms with Gasteiger partial charge in [0.1, 0.15) is 0 Å². The van der Waals surface area contributed by atoms with Crippen molar-refractivity contribution in [2.45, 2.75) is 47.0 Å². The van der Waals surface area contributed by atoms with Crippen LogP contribution in [0, 0.1) is 13.8 Å². The molecule has 0 heterocycles. The Morgan fingerprint density at radius 1 is 1.27 bits per heavy atom. The van der Waals surface area contributed by atoms with E-state index in [4.69, 9.17) is 11.6 Å². The van der Waals surface area contributed by atoms with Gasteiger partial charge in [-0.15, -0.1) is 0 Å². The van der Waals surface area contributed by atoms with Gasteiger partial charge >= 0.3 is 0 Å². The van der Waals surface area contributed by atoms with E-state index in [0.717, 1.165) is 24.0 Å². The molecule has 1 N–H and O–H groups in total. The van der Waals surface area contributed by atoms with E-state index in [9.17, 15) is 9.59 Å². The van der Waals surface area contributed by atoms with Crippen molar-refractivity contribution < 1.29 is 9.59 Å². The van der Waals surface area contributed by atoms with Gasteiger partial charge < -0.3 is 10.2 Å². The number of halogens is 1. The van der Waals surface area contributed by atoms with Gasteiger partial charge in [0.25, 0.3) is 0 Å². The van der Waals surface area contributed by atoms with Gasteiger partial charge in [-0.05, 0) is 37.5 Å². The summed E-state index contributed by atoms with van der Waals surface area (Å²) >= 11 is 6.30. The van der Waals surface area contributed by atoms with Crippen molar-refractivity contribution in [3.8, 4) is 0 Å². The lowest BCUT2D eigenvalue weighted by Gasteiger charge is -2.24. The van der Waals surface area contributed by atoms with Gasteiger partial charge in [-0.3, -0.25) is 9.59 Å². The summed E-state index contributed by atoms with van der Waals surface area (Å²) in [4.78, 5) is 25.3. The number of nitrogens with one attached hydrogen (secondary N) is 1. The molecular weight excluding hydrogens is 300 g/mol. The van der Waals surface area contributed by atoms with Crippen molar-refractivity contribution in [3.05, 3.63) is 28.3 Å². The van der Waals surface area contributed by atoms with Crippen LogP contribution in [-0.2, 0) is 9.59 Å². The lowest BCUT2D eigenvalue weighted by Crippen LogP contribution is -2.34. The zero-order valence-electron chi connectivity index (χ0n) is 13.8. The fourth-order valence-electron chi connectivity index (χ4n) is 2.38. The van der Waals surface area contributed by atoms with Crippen molar-refractivity contribution in [3.63, 3.8) is 0 Å². The van der Waals surface area contributed by atoms with Crippen LogP contribution in [0.15, 0.2) is 12.1 Å². The van der Waals surface area contributed by atoms with E-state index in [1.165, 1.54) is 6.92 Å². The molecule has 0 radical (unpaired) electrons. The van der Waals surface area contributed by atoms with E-state index < -0.39 is 0 Å². The number of aryl methyl sites for hydroxylation is 2. The Morgan fingerprint density at radius 2 is 1.95 bits per heavy atom. The third-order valence-corrected chi connectivity index (χ3v) is 3.75. The normalized spacial score (nSPS) is 10.4. The summed E-state index contributed by atoms with van der Waals surface area (Å²) < 4.78 is 0. The van der Waals surface area contributed by atoms with E-state index in [1.54, 1.807) is 4.90 Å². The maximum absolute atomic E-state index is 11.9. The number of nitrogens with zero attached hydrogens (tertiary/aromatic N) is 1. The summed E-state index contributed by atoms with van der Waals surface area (Å²) in [5.41, 5.74) is 2.68. The van der Waals surface area contributed by atoms with Crippen LogP contribution in [0.2, 0.25) is 5.02 Å². The average molecular weight is 325 g/mol. The van der Waals surface area contributed by atoms with Gasteiger partial charge in [-0.2, -0.15) is 0 Å². The van der Waals surface area contributed by atoms with Gasteiger partial charge in [0.05, 0.1) is 10.7 Å². The standard InChI is InChI=1S/C17H25ClN2O2/c1-5-6-8-19-16(22)7-9-20(14(4)21)17-13(3)10-12(2)11-15(17)18/h10-11H,5-9H2,1-4H3,(H,19,22). The number of benzene rings is 1. The molecule has 5 heteroatoms. The summed E-state index contributed by atoms with van der Waals surface area (Å²) in [5, 5.41) is 3.40. The van der Waals surface area contributed by atoms with E-state index in [2.05, 4.69) is 12.2 Å². The molecule has 22 heavy (non-hydrogen) atoms. The Bertz CT molecular complexity index is 520. The molecule has 0 spiro atoms. The number of carbonyl (C=O) groups is 2. The Hall–Kier alpha value is -1.55. The van der Waals surface area contributed by atoms with Crippen LogP contribution < -0.4 is 10.2 Å². The topological polar surface area (TPSA) is 49.4 Å². The van der Waals surface area contributed by atoms with Crippen molar-refractivity contribution in [1.29, 1.82) is 0 Å². The number of rotatable bonds is 7. The molecule has 0 aliphatic carbocycles. The lowest BCUT2D eigenvalue weighted by molar-refractivity contribution is -0.121. The summed E-state index contributed by atoms with van der Waals surface area (Å²) in [6.45, 7) is 8.46. The molecule has 0 fully saturated rings. The highest BCUT2D eigenvalue weighted by atomic mass is 35.5. The molecular formula is C17H25ClN2O2. The van der Waals surface area contributed by atoms with E-state index in [1.807, 2.05) is 26.0 Å². The van der Waals surface area contributed by atoms with Gasteiger partial charge in [0.2, 0.25) is 11.8 Å². The van der Waals surface area contributed by atoms with Crippen LogP contribution in [0.1, 0.15) is 44.2 Å². The molecule has 4 nitrogen and oxygen atoms in total. The Morgan fingerprint density at radius 3 is 2.50 bits per heavy atom. The number of amides is 2. The maximum atomic E-state index is 11.9. The third-order valence-electron chi connectivity index (χ3n) is 3.46. The molecule has 0 saturated carbocycles. The number of carbonyl (C=O) groups excluding carboxylic acids is 2. The summed E-state index contributed by atoms with van der Waals surface area (Å²) in [6.07, 6.45) is 2.27. The first-order valence-electron chi connectivity index (χ1n) is 7.68. The largest absolute Gasteiger partial charge is 0.356 e. The first kappa shape index (κ1) is 18.5. The van der Waals surface area contributed by atoms with E-state index >= 15 is 0 Å². The molecule has 0 aliphatic rings. The highest BCUT2D eigenvalue weighted by molar-refractivity contribution is 6.34. The quantitative estimate of drug-likeness (QED) is 0.779. The molecule has 1 rings (SSSR count). The Labute approximate surface area is 137 Å². The number of unbranched alkanes of at least 4 members (excludes halogenated alkanes) is 1. The molecule has 122 valence electrons. The fraction of sp³-hybridized carbons (Fsp3) is 0.529. The minimum Gasteiger partial charge on any atom is -0.356 e. The Kier molecular flexibility index (Phi) is 7.39. The van der Waals surface area contributed by atoms with Crippen molar-refractivity contribution in [2.75, 3.05) is 18.0 Å². The second-order valence-electron chi connectivity index (χ2n) is 5.54. The molecule has 1 aromatic carbocycles. The molecule has 0 atom stereocenters. The predicted octanol–water partition coefficient (Wildman–Crippen LogP) is 3.62. The molecule has 0 saturated heterocycles. The van der Waals surface area contributed by atoms with Gasteiger partial charge in [0, 0.05) is 26.4 Å². The van der Waals surface area contributed by atoms with E-state index in [-0.39, 0.29) is 18.2 Å². The number of hydrogen-bond donors (Lipinski definition) is 1. The second-order valence-corrected chi connectivity index (χ2v) is 5.94. The van der Waals surface area contributed by atoms with Crippen LogP contribution in [0.25, 0.3) is 0 Å². The highest BCUT2D eigenvalue weighted by Crippen LogP contribution is 2.31. The highest BCUT2D eigenvalue weighted by Gasteiger charge is 2.18. The molecule has 0 aliphatic heterocycles. The van der Waals surface area contributed by atoms with Gasteiger partial charge in [-0.25, -0.2) is 0 Å². The summed E-state index contributed by atoms with van der Waals surface area (Å²) in [5.74, 6) is -0.157. The SMILES string of the molecule is CCCCNC(=O)CCN(C(C)=O)c1c(C)cc(C)cc1Cl. The average Bonchev–Trinajstić information content (AvgIpc) is 2.41. The first-order chi connectivity index (χ1) is 10.4. The second kappa shape index (κ2) is 8.79. The predicted molar refractivity (Wildman–Crippen MR) is 91.5 cm³/mol. The van der Waals surface area contributed by atoms with Gasteiger partial charge in [-0.1, -0.05) is 31.0 Å². The molecule has 0 bridgehead atoms. The zero-order valence-corrected chi connectivity index (χ0v) is 14.6. The van der Waals surface area contributed by atoms with Crippen LogP contribution in [-0.4, -0.2) is 24.9 Å². The maximum Gasteiger partial charge on any atom is 0.223 e.